The standard InChI is InChI=1S/C12H24N2O2S/c1-10-2-4-11(5-3-10)8-14-17(15,16)12-6-7-13-9-12/h10-14H,2-9H2,1H3. The Labute approximate surface area is 105 Å². The third-order valence-corrected chi connectivity index (χ3v) is 6.01. The highest BCUT2D eigenvalue weighted by Gasteiger charge is 2.29. The Morgan fingerprint density at radius 1 is 1.18 bits per heavy atom. The van der Waals surface area contributed by atoms with Crippen LogP contribution in [0.3, 0.4) is 0 Å². The molecule has 100 valence electrons. The largest absolute Gasteiger partial charge is 0.315 e. The van der Waals surface area contributed by atoms with Crippen LogP contribution in [0.4, 0.5) is 0 Å². The number of hydrogen-bond acceptors (Lipinski definition) is 3. The van der Waals surface area contributed by atoms with Gasteiger partial charge in [0.2, 0.25) is 10.0 Å². The molecule has 0 aromatic heterocycles. The van der Waals surface area contributed by atoms with Gasteiger partial charge in [0, 0.05) is 13.1 Å². The molecule has 0 aromatic rings. The number of sulfonamides is 1. The molecule has 2 rings (SSSR count). The van der Waals surface area contributed by atoms with Crippen LogP contribution in [-0.4, -0.2) is 33.3 Å². The molecule has 1 aliphatic carbocycles. The topological polar surface area (TPSA) is 58.2 Å². The van der Waals surface area contributed by atoms with E-state index in [0.29, 0.717) is 19.0 Å². The first kappa shape index (κ1) is 13.3. The molecule has 2 aliphatic rings. The van der Waals surface area contributed by atoms with Gasteiger partial charge in [-0.1, -0.05) is 19.8 Å². The highest BCUT2D eigenvalue weighted by Crippen LogP contribution is 2.27. The van der Waals surface area contributed by atoms with Gasteiger partial charge in [-0.25, -0.2) is 13.1 Å². The molecule has 1 aliphatic heterocycles. The Bertz CT molecular complexity index is 328. The third-order valence-electron chi connectivity index (χ3n) is 4.16. The molecule has 0 bridgehead atoms. The summed E-state index contributed by atoms with van der Waals surface area (Å²) in [7, 11) is -3.09. The van der Waals surface area contributed by atoms with Crippen LogP contribution in [0.25, 0.3) is 0 Å². The van der Waals surface area contributed by atoms with Gasteiger partial charge in [0.05, 0.1) is 5.25 Å². The maximum atomic E-state index is 12.0. The van der Waals surface area contributed by atoms with E-state index < -0.39 is 10.0 Å². The maximum Gasteiger partial charge on any atom is 0.215 e. The van der Waals surface area contributed by atoms with Crippen LogP contribution in [0.1, 0.15) is 39.0 Å². The predicted molar refractivity (Wildman–Crippen MR) is 69.3 cm³/mol. The summed E-state index contributed by atoms with van der Waals surface area (Å²) < 4.78 is 26.8. The van der Waals surface area contributed by atoms with Crippen molar-refractivity contribution < 1.29 is 8.42 Å². The molecular formula is C12H24N2O2S. The van der Waals surface area contributed by atoms with Gasteiger partial charge in [0.15, 0.2) is 0 Å². The molecule has 0 radical (unpaired) electrons. The zero-order chi connectivity index (χ0) is 12.3. The van der Waals surface area contributed by atoms with Crippen molar-refractivity contribution in [2.45, 2.75) is 44.3 Å². The van der Waals surface area contributed by atoms with E-state index in [0.717, 1.165) is 18.9 Å². The molecule has 1 saturated heterocycles. The minimum absolute atomic E-state index is 0.218. The van der Waals surface area contributed by atoms with Gasteiger partial charge >= 0.3 is 0 Å². The normalized spacial score (nSPS) is 35.0. The van der Waals surface area contributed by atoms with Crippen molar-refractivity contribution in [1.29, 1.82) is 0 Å². The minimum Gasteiger partial charge on any atom is -0.315 e. The van der Waals surface area contributed by atoms with E-state index in [1.54, 1.807) is 0 Å². The van der Waals surface area contributed by atoms with Crippen molar-refractivity contribution in [2.24, 2.45) is 11.8 Å². The molecular weight excluding hydrogens is 236 g/mol. The van der Waals surface area contributed by atoms with Crippen LogP contribution >= 0.6 is 0 Å². The molecule has 2 N–H and O–H groups in total. The Balaban J connectivity index is 1.77. The summed E-state index contributed by atoms with van der Waals surface area (Å²) in [6, 6.07) is 0. The van der Waals surface area contributed by atoms with Gasteiger partial charge < -0.3 is 5.32 Å². The van der Waals surface area contributed by atoms with E-state index in [-0.39, 0.29) is 5.25 Å². The lowest BCUT2D eigenvalue weighted by molar-refractivity contribution is 0.290. The number of hydrogen-bond donors (Lipinski definition) is 2. The SMILES string of the molecule is CC1CCC(CNS(=O)(=O)C2CCNC2)CC1. The van der Waals surface area contributed by atoms with Crippen LogP contribution in [0.2, 0.25) is 0 Å². The van der Waals surface area contributed by atoms with Gasteiger partial charge in [0.25, 0.3) is 0 Å². The van der Waals surface area contributed by atoms with Crippen LogP contribution in [0.15, 0.2) is 0 Å². The summed E-state index contributed by atoms with van der Waals surface area (Å²) >= 11 is 0. The maximum absolute atomic E-state index is 12.0. The Kier molecular flexibility index (Phi) is 4.44. The fourth-order valence-electron chi connectivity index (χ4n) is 2.78. The minimum atomic E-state index is -3.09. The Hall–Kier alpha value is -0.130. The number of rotatable bonds is 4. The number of nitrogens with one attached hydrogen (secondary N) is 2. The second-order valence-electron chi connectivity index (χ2n) is 5.63. The summed E-state index contributed by atoms with van der Waals surface area (Å²) in [6.07, 6.45) is 5.59. The lowest BCUT2D eigenvalue weighted by Gasteiger charge is -2.26. The quantitative estimate of drug-likeness (QED) is 0.795. The summed E-state index contributed by atoms with van der Waals surface area (Å²) in [6.45, 7) is 4.36. The van der Waals surface area contributed by atoms with Crippen molar-refractivity contribution in [3.8, 4) is 0 Å². The van der Waals surface area contributed by atoms with E-state index in [4.69, 9.17) is 0 Å². The summed E-state index contributed by atoms with van der Waals surface area (Å²) in [5.74, 6) is 1.37. The highest BCUT2D eigenvalue weighted by atomic mass is 32.2. The molecule has 17 heavy (non-hydrogen) atoms. The lowest BCUT2D eigenvalue weighted by Crippen LogP contribution is -2.38. The first-order valence-corrected chi connectivity index (χ1v) is 8.32. The van der Waals surface area contributed by atoms with Crippen molar-refractivity contribution in [3.05, 3.63) is 0 Å². The molecule has 0 spiro atoms. The molecule has 2 fully saturated rings. The molecule has 1 saturated carbocycles. The van der Waals surface area contributed by atoms with Crippen molar-refractivity contribution in [3.63, 3.8) is 0 Å². The van der Waals surface area contributed by atoms with E-state index in [1.807, 2.05) is 0 Å². The third kappa shape index (κ3) is 3.66. The molecule has 0 aromatic carbocycles. The summed E-state index contributed by atoms with van der Waals surface area (Å²) in [5.41, 5.74) is 0. The van der Waals surface area contributed by atoms with E-state index >= 15 is 0 Å². The van der Waals surface area contributed by atoms with Crippen molar-refractivity contribution in [2.75, 3.05) is 19.6 Å². The molecule has 5 heteroatoms. The van der Waals surface area contributed by atoms with Crippen LogP contribution in [-0.2, 0) is 10.0 Å². The second-order valence-corrected chi connectivity index (χ2v) is 7.68. The molecule has 1 heterocycles. The van der Waals surface area contributed by atoms with Crippen molar-refractivity contribution >= 4 is 10.0 Å². The van der Waals surface area contributed by atoms with Crippen molar-refractivity contribution in [1.82, 2.24) is 10.0 Å². The fourth-order valence-corrected chi connectivity index (χ4v) is 4.25. The van der Waals surface area contributed by atoms with Crippen LogP contribution in [0, 0.1) is 11.8 Å². The van der Waals surface area contributed by atoms with Gasteiger partial charge in [-0.2, -0.15) is 0 Å². The fraction of sp³-hybridized carbons (Fsp3) is 1.00. The van der Waals surface area contributed by atoms with Gasteiger partial charge in [-0.15, -0.1) is 0 Å². The second kappa shape index (κ2) is 5.67. The molecule has 0 amide bonds. The first-order valence-electron chi connectivity index (χ1n) is 6.77. The smallest absolute Gasteiger partial charge is 0.215 e. The van der Waals surface area contributed by atoms with E-state index in [9.17, 15) is 8.42 Å². The van der Waals surface area contributed by atoms with Gasteiger partial charge in [0.1, 0.15) is 0 Å². The highest BCUT2D eigenvalue weighted by molar-refractivity contribution is 7.90. The zero-order valence-corrected chi connectivity index (χ0v) is 11.4. The predicted octanol–water partition coefficient (Wildman–Crippen LogP) is 1.09. The zero-order valence-electron chi connectivity index (χ0n) is 10.6. The van der Waals surface area contributed by atoms with E-state index in [1.165, 1.54) is 25.7 Å². The average Bonchev–Trinajstić information content (AvgIpc) is 2.82. The molecule has 4 nitrogen and oxygen atoms in total. The first-order chi connectivity index (χ1) is 8.08. The summed E-state index contributed by atoms with van der Waals surface area (Å²) in [5, 5.41) is 2.89. The van der Waals surface area contributed by atoms with Crippen LogP contribution in [0.5, 0.6) is 0 Å². The monoisotopic (exact) mass is 260 g/mol. The molecule has 1 unspecified atom stereocenters. The summed E-state index contributed by atoms with van der Waals surface area (Å²) in [4.78, 5) is 0. The average molecular weight is 260 g/mol. The van der Waals surface area contributed by atoms with E-state index in [2.05, 4.69) is 17.0 Å². The van der Waals surface area contributed by atoms with Gasteiger partial charge in [-0.3, -0.25) is 0 Å². The Morgan fingerprint density at radius 2 is 1.88 bits per heavy atom. The van der Waals surface area contributed by atoms with Gasteiger partial charge in [-0.05, 0) is 37.6 Å². The Morgan fingerprint density at radius 3 is 2.47 bits per heavy atom. The molecule has 1 atom stereocenters. The lowest BCUT2D eigenvalue weighted by atomic mass is 9.83. The van der Waals surface area contributed by atoms with Crippen LogP contribution < -0.4 is 10.0 Å².